The number of alkyl carbamates (subject to hydrolysis) is 2. The molecule has 0 aliphatic carbocycles. The number of esters is 1. The minimum absolute atomic E-state index is 0.0105. The molecule has 0 aromatic heterocycles. The summed E-state index contributed by atoms with van der Waals surface area (Å²) in [5.74, 6) is -9.33. The molecule has 14 N–H and O–H groups in total. The summed E-state index contributed by atoms with van der Waals surface area (Å²) < 4.78 is 71.0. The van der Waals surface area contributed by atoms with Crippen LogP contribution in [0.4, 0.5) is 14.4 Å². The summed E-state index contributed by atoms with van der Waals surface area (Å²) in [5.41, 5.74) is 2.59. The Morgan fingerprint density at radius 1 is 0.496 bits per heavy atom. The zero-order chi connectivity index (χ0) is 89.2. The Morgan fingerprint density at radius 3 is 1.42 bits per heavy atom. The van der Waals surface area contributed by atoms with Crippen molar-refractivity contribution in [2.45, 2.75) is 233 Å². The van der Waals surface area contributed by atoms with Crippen molar-refractivity contribution < 1.29 is 134 Å². The summed E-state index contributed by atoms with van der Waals surface area (Å²) in [5, 5.41) is 37.1. The highest BCUT2D eigenvalue weighted by atomic mass is 16.7. The van der Waals surface area contributed by atoms with Crippen LogP contribution in [0.2, 0.25) is 0 Å². The van der Waals surface area contributed by atoms with E-state index < -0.39 is 149 Å². The number of hydrogen-bond donors (Lipinski definition) is 13. The Hall–Kier alpha value is -9.49. The number of hydrogen-bond acceptors (Lipinski definition) is 29. The van der Waals surface area contributed by atoms with Crippen molar-refractivity contribution in [3.05, 3.63) is 29.8 Å². The predicted molar refractivity (Wildman–Crippen MR) is 429 cm³/mol. The number of aliphatic imine (C=N–C) groups is 1. The molecule has 41 nitrogen and oxygen atoms in total. The molecule has 119 heavy (non-hydrogen) atoms. The first-order valence-corrected chi connectivity index (χ1v) is 39.9. The third kappa shape index (κ3) is 53.6. The Bertz CT molecular complexity index is 3330. The number of amides is 11. The van der Waals surface area contributed by atoms with Crippen molar-refractivity contribution in [3.8, 4) is 5.75 Å². The average molecular weight is 1700 g/mol. The molecule has 0 unspecified atom stereocenters. The topological polar surface area (TPSA) is 550 Å². The molecule has 0 saturated carbocycles. The van der Waals surface area contributed by atoms with E-state index in [9.17, 15) is 67.1 Å². The van der Waals surface area contributed by atoms with Crippen LogP contribution in [0.15, 0.2) is 29.3 Å². The molecule has 676 valence electrons. The monoisotopic (exact) mass is 1700 g/mol. The standard InChI is InChI=1S/C78H131N13O28/c1-50(2)63(69(101)84-51(3)70(102)103)89-64(96)54(79)25-26-59(92)81-30-32-108-34-36-110-38-40-112-42-44-114-46-45-113-43-41-111-39-37-109-35-33-107-31-27-60(93)80-28-17-16-19-56-66(98)86-55(20-18-29-82-71(90-72(104)117-76(7,8)9)91-73(105)118-77(10,11)12)65(97)83-49-61(94)85-58(48-62(95)116-75(4,5)6)68(100)88-57(67(99)87-56)47-52-21-23-53(24-22-52)115-74(106)119-78(13,14)15/h21-24,50-51,54-58,63H,16-20,25-49,79H2,1-15H3,(H,80,93)(H,81,92)(H,83,97)(H,84,101)(H,85,94)(H,86,98)(H,87,99)(H,88,100)(H,89,96)(H,102,103)(H2,82,90,91,104,105)/t51-,54-,55-,56-,57+,58-,63-/m0/s1. The highest BCUT2D eigenvalue weighted by molar-refractivity contribution is 6.02. The number of guanidine groups is 1. The maximum absolute atomic E-state index is 14.7. The van der Waals surface area contributed by atoms with Gasteiger partial charge in [-0.15, -0.1) is 0 Å². The first-order valence-electron chi connectivity index (χ1n) is 39.9. The van der Waals surface area contributed by atoms with E-state index in [2.05, 4.69) is 63.5 Å². The highest BCUT2D eigenvalue weighted by Gasteiger charge is 2.36. The van der Waals surface area contributed by atoms with Gasteiger partial charge in [-0.2, -0.15) is 0 Å². The molecule has 7 atom stereocenters. The van der Waals surface area contributed by atoms with Crippen LogP contribution in [0.3, 0.4) is 0 Å². The molecule has 1 fully saturated rings. The van der Waals surface area contributed by atoms with Gasteiger partial charge < -0.3 is 120 Å². The quantitative estimate of drug-likeness (QED) is 0.0109. The number of nitrogens with two attached hydrogens (primary N) is 1. The number of unbranched alkanes of at least 4 members (excludes halogenated alkanes) is 1. The SMILES string of the molecule is CC(C)[C@H](NC(=O)[C@@H](N)CCC(=O)NCCOCCOCCOCCOCCOCCOCCOCCOCCC(=O)NCCCC[C@@H]1NC(=O)[C@@H](Cc2ccc(OC(=O)OC(C)(C)C)cc2)NC(=O)[C@H](CC(=O)OC(C)(C)C)NC(=O)CNC(=O)[C@H](CCCN=C(NC(=O)OC(C)(C)C)NC(=O)OC(C)(C)C)NC1=O)C(=O)N[C@@H](C)C(=O)O. The van der Waals surface area contributed by atoms with Gasteiger partial charge in [-0.3, -0.25) is 68.4 Å². The molecule has 2 rings (SSSR count). The predicted octanol–water partition coefficient (Wildman–Crippen LogP) is 1.29. The van der Waals surface area contributed by atoms with Crippen molar-refractivity contribution in [3.63, 3.8) is 0 Å². The van der Waals surface area contributed by atoms with E-state index in [0.717, 1.165) is 0 Å². The Morgan fingerprint density at radius 2 is 0.933 bits per heavy atom. The van der Waals surface area contributed by atoms with Crippen LogP contribution in [0.25, 0.3) is 0 Å². The number of benzene rings is 1. The fourth-order valence-electron chi connectivity index (χ4n) is 10.1. The van der Waals surface area contributed by atoms with Crippen molar-refractivity contribution in [2.75, 3.05) is 132 Å². The molecule has 1 saturated heterocycles. The Labute approximate surface area is 696 Å². The fourth-order valence-corrected chi connectivity index (χ4v) is 10.1. The van der Waals surface area contributed by atoms with Crippen molar-refractivity contribution >= 4 is 89.4 Å². The zero-order valence-electron chi connectivity index (χ0n) is 71.6. The molecular formula is C78H131N13O28. The molecule has 1 aromatic rings. The minimum Gasteiger partial charge on any atom is -0.480 e. The van der Waals surface area contributed by atoms with Crippen LogP contribution in [0.5, 0.6) is 5.75 Å². The van der Waals surface area contributed by atoms with E-state index in [0.29, 0.717) is 71.6 Å². The molecular weight excluding hydrogens is 1570 g/mol. The van der Waals surface area contributed by atoms with Gasteiger partial charge in [0.2, 0.25) is 59.1 Å². The third-order valence-electron chi connectivity index (χ3n) is 15.8. The zero-order valence-corrected chi connectivity index (χ0v) is 71.6. The average Bonchev–Trinajstić information content (AvgIpc) is 1.83. The molecule has 0 bridgehead atoms. The smallest absolute Gasteiger partial charge is 0.480 e. The molecule has 0 spiro atoms. The lowest BCUT2D eigenvalue weighted by Crippen LogP contribution is -2.58. The van der Waals surface area contributed by atoms with Crippen LogP contribution in [0.1, 0.15) is 167 Å². The van der Waals surface area contributed by atoms with Crippen LogP contribution in [-0.2, 0) is 116 Å². The number of carbonyl (C=O) groups is 14. The lowest BCUT2D eigenvalue weighted by Gasteiger charge is -2.26. The Balaban J connectivity index is 1.89. The number of ether oxygens (including phenoxy) is 13. The lowest BCUT2D eigenvalue weighted by molar-refractivity contribution is -0.156. The molecule has 0 radical (unpaired) electrons. The third-order valence-corrected chi connectivity index (χ3v) is 15.8. The second-order valence-corrected chi connectivity index (χ2v) is 31.6. The molecule has 41 heteroatoms. The van der Waals surface area contributed by atoms with Gasteiger partial charge in [-0.1, -0.05) is 26.0 Å². The van der Waals surface area contributed by atoms with Gasteiger partial charge in [0.15, 0.2) is 0 Å². The molecule has 1 heterocycles. The minimum atomic E-state index is -1.67. The summed E-state index contributed by atoms with van der Waals surface area (Å²) in [7, 11) is 0. The number of nitrogens with zero attached hydrogens (tertiary/aromatic N) is 1. The lowest BCUT2D eigenvalue weighted by atomic mass is 10.0. The highest BCUT2D eigenvalue weighted by Crippen LogP contribution is 2.19. The first-order chi connectivity index (χ1) is 55.9. The number of aliphatic carboxylic acids is 1. The summed E-state index contributed by atoms with van der Waals surface area (Å²) in [6.07, 6.45) is -3.71. The van der Waals surface area contributed by atoms with Gasteiger partial charge in [0.1, 0.15) is 64.4 Å². The summed E-state index contributed by atoms with van der Waals surface area (Å²) in [6.45, 7) is 28.3. The fraction of sp³-hybridized carbons (Fsp3) is 0.731. The van der Waals surface area contributed by atoms with E-state index in [1.165, 1.54) is 31.2 Å². The van der Waals surface area contributed by atoms with E-state index in [4.69, 9.17) is 72.4 Å². The van der Waals surface area contributed by atoms with Crippen molar-refractivity contribution in [1.82, 2.24) is 58.5 Å². The summed E-state index contributed by atoms with van der Waals surface area (Å²) in [6, 6.07) is -3.40. The van der Waals surface area contributed by atoms with Gasteiger partial charge in [0.05, 0.1) is 125 Å². The normalized spacial score (nSPS) is 16.5. The molecule has 1 aromatic carbocycles. The molecule has 1 aliphatic rings. The number of rotatable bonds is 50. The van der Waals surface area contributed by atoms with Crippen LogP contribution in [0, 0.1) is 5.92 Å². The second kappa shape index (κ2) is 56.9. The van der Waals surface area contributed by atoms with E-state index in [1.807, 2.05) is 0 Å². The number of carboxylic acids is 1. The number of carboxylic acid groups (broad SMARTS) is 1. The number of nitrogens with one attached hydrogen (secondary N) is 11. The van der Waals surface area contributed by atoms with Gasteiger partial charge >= 0.3 is 30.3 Å². The van der Waals surface area contributed by atoms with E-state index >= 15 is 0 Å². The van der Waals surface area contributed by atoms with Gasteiger partial charge in [0.25, 0.3) is 0 Å². The largest absolute Gasteiger partial charge is 0.514 e. The van der Waals surface area contributed by atoms with E-state index in [1.54, 1.807) is 96.9 Å². The molecule has 11 amide bonds. The van der Waals surface area contributed by atoms with Crippen LogP contribution >= 0.6 is 0 Å². The van der Waals surface area contributed by atoms with Gasteiger partial charge in [-0.25, -0.2) is 14.4 Å². The van der Waals surface area contributed by atoms with Crippen molar-refractivity contribution in [1.29, 1.82) is 0 Å². The van der Waals surface area contributed by atoms with Gasteiger partial charge in [0, 0.05) is 38.9 Å². The summed E-state index contributed by atoms with van der Waals surface area (Å²) >= 11 is 0. The Kier molecular flexibility index (Phi) is 50.5. The first kappa shape index (κ1) is 106. The van der Waals surface area contributed by atoms with Crippen LogP contribution < -0.4 is 69.0 Å². The number of carbonyl (C=O) groups excluding carboxylic acids is 13. The van der Waals surface area contributed by atoms with E-state index in [-0.39, 0.29) is 147 Å². The van der Waals surface area contributed by atoms with Crippen LogP contribution in [-0.4, -0.2) is 291 Å². The maximum atomic E-state index is 14.7. The second-order valence-electron chi connectivity index (χ2n) is 31.6. The maximum Gasteiger partial charge on any atom is 0.514 e. The van der Waals surface area contributed by atoms with Gasteiger partial charge in [-0.05, 0) is 152 Å². The summed E-state index contributed by atoms with van der Waals surface area (Å²) in [4.78, 5) is 189. The molecule has 1 aliphatic heterocycles. The van der Waals surface area contributed by atoms with Crippen molar-refractivity contribution in [2.24, 2.45) is 16.6 Å².